The normalized spacial score (nSPS) is 11.9. The number of thiocarbonyl (C=S) groups is 1. The van der Waals surface area contributed by atoms with E-state index in [2.05, 4.69) is 10.3 Å². The largest absolute Gasteiger partial charge is 0.389 e. The maximum atomic E-state index is 6.01. The van der Waals surface area contributed by atoms with Gasteiger partial charge in [-0.05, 0) is 37.3 Å². The first-order chi connectivity index (χ1) is 9.08. The maximum Gasteiger partial charge on any atom is 0.106 e. The van der Waals surface area contributed by atoms with Crippen LogP contribution in [0.25, 0.3) is 0 Å². The van der Waals surface area contributed by atoms with Gasteiger partial charge in [0.05, 0.1) is 11.7 Å². The summed E-state index contributed by atoms with van der Waals surface area (Å²) < 4.78 is 0. The molecule has 1 heterocycles. The van der Waals surface area contributed by atoms with Gasteiger partial charge in [0.15, 0.2) is 0 Å². The molecule has 0 spiro atoms. The van der Waals surface area contributed by atoms with E-state index in [1.165, 1.54) is 0 Å². The Hall–Kier alpha value is -1.65. The molecule has 0 amide bonds. The molecular formula is C14H14ClN3S. The fraction of sp³-hybridized carbons (Fsp3) is 0.143. The molecular weight excluding hydrogens is 278 g/mol. The molecule has 2 aromatic rings. The lowest BCUT2D eigenvalue weighted by molar-refractivity contribution is 0.839. The van der Waals surface area contributed by atoms with Crippen molar-refractivity contribution in [3.8, 4) is 0 Å². The van der Waals surface area contributed by atoms with Gasteiger partial charge in [-0.2, -0.15) is 0 Å². The van der Waals surface area contributed by atoms with Gasteiger partial charge in [-0.15, -0.1) is 0 Å². The number of hydrogen-bond donors (Lipinski definition) is 2. The Labute approximate surface area is 122 Å². The number of nitrogens with one attached hydrogen (secondary N) is 1. The Kier molecular flexibility index (Phi) is 4.35. The average molecular weight is 292 g/mol. The molecule has 2 rings (SSSR count). The third-order valence-electron chi connectivity index (χ3n) is 2.75. The first-order valence-electron chi connectivity index (χ1n) is 5.84. The van der Waals surface area contributed by atoms with Crippen molar-refractivity contribution in [2.24, 2.45) is 5.73 Å². The molecule has 1 aromatic carbocycles. The average Bonchev–Trinajstić information content (AvgIpc) is 2.39. The number of nitrogens with zero attached hydrogens (tertiary/aromatic N) is 1. The van der Waals surface area contributed by atoms with Crippen molar-refractivity contribution in [3.63, 3.8) is 0 Å². The summed E-state index contributed by atoms with van der Waals surface area (Å²) in [5.41, 5.74) is 8.25. The second kappa shape index (κ2) is 5.99. The molecule has 1 atom stereocenters. The SMILES string of the molecule is CC(Nc1cc(Cl)ccc1C(N)=S)c1ccccn1. The van der Waals surface area contributed by atoms with Gasteiger partial charge in [0, 0.05) is 22.5 Å². The van der Waals surface area contributed by atoms with Crippen LogP contribution in [0.1, 0.15) is 24.2 Å². The molecule has 19 heavy (non-hydrogen) atoms. The van der Waals surface area contributed by atoms with Crippen LogP contribution in [0.4, 0.5) is 5.69 Å². The molecule has 0 aliphatic heterocycles. The quantitative estimate of drug-likeness (QED) is 0.846. The summed E-state index contributed by atoms with van der Waals surface area (Å²) in [5.74, 6) is 0. The molecule has 0 saturated carbocycles. The van der Waals surface area contributed by atoms with Crippen molar-refractivity contribution in [1.29, 1.82) is 0 Å². The Morgan fingerprint density at radius 3 is 2.79 bits per heavy atom. The molecule has 0 fully saturated rings. The molecule has 5 heteroatoms. The van der Waals surface area contributed by atoms with Crippen LogP contribution in [0, 0.1) is 0 Å². The molecule has 0 saturated heterocycles. The first kappa shape index (κ1) is 13.8. The number of hydrogen-bond acceptors (Lipinski definition) is 3. The van der Waals surface area contributed by atoms with E-state index in [-0.39, 0.29) is 6.04 Å². The van der Waals surface area contributed by atoms with Crippen molar-refractivity contribution in [3.05, 3.63) is 58.9 Å². The zero-order chi connectivity index (χ0) is 13.8. The summed E-state index contributed by atoms with van der Waals surface area (Å²) in [6.45, 7) is 2.02. The minimum absolute atomic E-state index is 0.0350. The van der Waals surface area contributed by atoms with Crippen molar-refractivity contribution in [1.82, 2.24) is 4.98 Å². The highest BCUT2D eigenvalue weighted by molar-refractivity contribution is 7.80. The van der Waals surface area contributed by atoms with Crippen LogP contribution in [-0.4, -0.2) is 9.97 Å². The van der Waals surface area contributed by atoms with E-state index in [1.54, 1.807) is 12.3 Å². The Morgan fingerprint density at radius 1 is 1.37 bits per heavy atom. The summed E-state index contributed by atoms with van der Waals surface area (Å²) in [6.07, 6.45) is 1.76. The van der Waals surface area contributed by atoms with Crippen molar-refractivity contribution in [2.75, 3.05) is 5.32 Å². The van der Waals surface area contributed by atoms with E-state index in [4.69, 9.17) is 29.6 Å². The molecule has 1 aromatic heterocycles. The zero-order valence-electron chi connectivity index (χ0n) is 10.4. The van der Waals surface area contributed by atoms with E-state index in [1.807, 2.05) is 37.3 Å². The van der Waals surface area contributed by atoms with E-state index in [9.17, 15) is 0 Å². The molecule has 0 aliphatic rings. The highest BCUT2D eigenvalue weighted by Gasteiger charge is 2.11. The van der Waals surface area contributed by atoms with Crippen LogP contribution in [0.5, 0.6) is 0 Å². The van der Waals surface area contributed by atoms with Gasteiger partial charge in [-0.3, -0.25) is 4.98 Å². The number of benzene rings is 1. The number of rotatable bonds is 4. The van der Waals surface area contributed by atoms with Crippen molar-refractivity contribution in [2.45, 2.75) is 13.0 Å². The fourth-order valence-electron chi connectivity index (χ4n) is 1.79. The summed E-state index contributed by atoms with van der Waals surface area (Å²) in [7, 11) is 0. The fourth-order valence-corrected chi connectivity index (χ4v) is 2.14. The van der Waals surface area contributed by atoms with Gasteiger partial charge in [-0.25, -0.2) is 0 Å². The topological polar surface area (TPSA) is 50.9 Å². The summed E-state index contributed by atoms with van der Waals surface area (Å²) >= 11 is 11.1. The maximum absolute atomic E-state index is 6.01. The van der Waals surface area contributed by atoms with Crippen LogP contribution in [-0.2, 0) is 0 Å². The Bertz CT molecular complexity index is 586. The lowest BCUT2D eigenvalue weighted by Gasteiger charge is -2.17. The minimum Gasteiger partial charge on any atom is -0.389 e. The second-order valence-corrected chi connectivity index (χ2v) is 5.05. The van der Waals surface area contributed by atoms with Gasteiger partial charge in [0.25, 0.3) is 0 Å². The van der Waals surface area contributed by atoms with Crippen LogP contribution >= 0.6 is 23.8 Å². The van der Waals surface area contributed by atoms with E-state index < -0.39 is 0 Å². The predicted octanol–water partition coefficient (Wildman–Crippen LogP) is 3.54. The molecule has 0 aliphatic carbocycles. The standard InChI is InChI=1S/C14H14ClN3S/c1-9(12-4-2-3-7-17-12)18-13-8-10(15)5-6-11(13)14(16)19/h2-9,18H,1H3,(H2,16,19). The van der Waals surface area contributed by atoms with Gasteiger partial charge in [0.2, 0.25) is 0 Å². The second-order valence-electron chi connectivity index (χ2n) is 4.17. The van der Waals surface area contributed by atoms with E-state index in [0.717, 1.165) is 16.9 Å². The lowest BCUT2D eigenvalue weighted by Crippen LogP contribution is -2.15. The smallest absolute Gasteiger partial charge is 0.106 e. The Balaban J connectivity index is 2.28. The highest BCUT2D eigenvalue weighted by atomic mass is 35.5. The van der Waals surface area contributed by atoms with Crippen LogP contribution in [0.3, 0.4) is 0 Å². The summed E-state index contributed by atoms with van der Waals surface area (Å²) in [5, 5.41) is 3.97. The molecule has 0 bridgehead atoms. The third kappa shape index (κ3) is 3.43. The van der Waals surface area contributed by atoms with Crippen LogP contribution in [0.2, 0.25) is 5.02 Å². The monoisotopic (exact) mass is 291 g/mol. The minimum atomic E-state index is 0.0350. The molecule has 3 nitrogen and oxygen atoms in total. The van der Waals surface area contributed by atoms with Gasteiger partial charge < -0.3 is 11.1 Å². The third-order valence-corrected chi connectivity index (χ3v) is 3.21. The molecule has 3 N–H and O–H groups in total. The number of anilines is 1. The first-order valence-corrected chi connectivity index (χ1v) is 6.63. The van der Waals surface area contributed by atoms with E-state index in [0.29, 0.717) is 10.0 Å². The lowest BCUT2D eigenvalue weighted by atomic mass is 10.1. The molecule has 98 valence electrons. The van der Waals surface area contributed by atoms with Crippen LogP contribution < -0.4 is 11.1 Å². The summed E-state index contributed by atoms with van der Waals surface area (Å²) in [6, 6.07) is 11.2. The number of aromatic nitrogens is 1. The van der Waals surface area contributed by atoms with Crippen molar-refractivity contribution >= 4 is 34.5 Å². The van der Waals surface area contributed by atoms with Gasteiger partial charge >= 0.3 is 0 Å². The summed E-state index contributed by atoms with van der Waals surface area (Å²) in [4.78, 5) is 4.65. The van der Waals surface area contributed by atoms with Crippen LogP contribution in [0.15, 0.2) is 42.6 Å². The van der Waals surface area contributed by atoms with Gasteiger partial charge in [0.1, 0.15) is 4.99 Å². The predicted molar refractivity (Wildman–Crippen MR) is 83.6 cm³/mol. The van der Waals surface area contributed by atoms with Crippen molar-refractivity contribution < 1.29 is 0 Å². The zero-order valence-corrected chi connectivity index (χ0v) is 12.0. The van der Waals surface area contributed by atoms with E-state index >= 15 is 0 Å². The number of halogens is 1. The number of pyridine rings is 1. The Morgan fingerprint density at radius 2 is 2.16 bits per heavy atom. The molecule has 0 radical (unpaired) electrons. The van der Waals surface area contributed by atoms with Gasteiger partial charge in [-0.1, -0.05) is 29.9 Å². The molecule has 1 unspecified atom stereocenters. The number of nitrogens with two attached hydrogens (primary N) is 1. The highest BCUT2D eigenvalue weighted by Crippen LogP contribution is 2.25.